The summed E-state index contributed by atoms with van der Waals surface area (Å²) in [4.78, 5) is 15.5. The molecule has 0 spiro atoms. The number of carbonyl (C=O) groups is 1. The highest BCUT2D eigenvalue weighted by atomic mass is 16.1. The van der Waals surface area contributed by atoms with Crippen LogP contribution in [0.1, 0.15) is 11.1 Å². The Balaban J connectivity index is 1.60. The molecule has 120 valence electrons. The van der Waals surface area contributed by atoms with E-state index >= 15 is 0 Å². The Labute approximate surface area is 141 Å². The van der Waals surface area contributed by atoms with Crippen LogP contribution in [0, 0.1) is 17.2 Å². The van der Waals surface area contributed by atoms with Gasteiger partial charge in [-0.2, -0.15) is 5.26 Å². The third-order valence-electron chi connectivity index (χ3n) is 4.14. The van der Waals surface area contributed by atoms with Gasteiger partial charge in [-0.25, -0.2) is 0 Å². The van der Waals surface area contributed by atoms with Crippen LogP contribution in [0.4, 0.5) is 0 Å². The van der Waals surface area contributed by atoms with Crippen molar-refractivity contribution in [1.82, 2.24) is 10.3 Å². The lowest BCUT2D eigenvalue weighted by Gasteiger charge is -2.11. The van der Waals surface area contributed by atoms with E-state index in [9.17, 15) is 10.1 Å². The van der Waals surface area contributed by atoms with Gasteiger partial charge in [0.05, 0.1) is 6.07 Å². The number of hydrogen-bond acceptors (Lipinski definition) is 2. The van der Waals surface area contributed by atoms with Gasteiger partial charge in [-0.1, -0.05) is 42.5 Å². The molecule has 2 N–H and O–H groups in total. The van der Waals surface area contributed by atoms with Gasteiger partial charge < -0.3 is 10.3 Å². The molecule has 24 heavy (non-hydrogen) atoms. The summed E-state index contributed by atoms with van der Waals surface area (Å²) in [6.45, 7) is 0.537. The Morgan fingerprint density at radius 2 is 1.96 bits per heavy atom. The van der Waals surface area contributed by atoms with Crippen molar-refractivity contribution in [2.45, 2.75) is 12.8 Å². The molecule has 2 aromatic carbocycles. The number of fused-ring (bicyclic) bond motifs is 1. The van der Waals surface area contributed by atoms with Crippen molar-refractivity contribution in [1.29, 1.82) is 5.26 Å². The Morgan fingerprint density at radius 1 is 1.12 bits per heavy atom. The molecular formula is C20H19N3O. The molecule has 4 heteroatoms. The molecule has 0 saturated heterocycles. The van der Waals surface area contributed by atoms with Crippen LogP contribution >= 0.6 is 0 Å². The smallest absolute Gasteiger partial charge is 0.237 e. The van der Waals surface area contributed by atoms with Crippen molar-refractivity contribution in [3.05, 3.63) is 71.9 Å². The number of hydrogen-bond donors (Lipinski definition) is 2. The topological polar surface area (TPSA) is 68.7 Å². The lowest BCUT2D eigenvalue weighted by Crippen LogP contribution is -2.32. The van der Waals surface area contributed by atoms with Gasteiger partial charge in [0.25, 0.3) is 0 Å². The van der Waals surface area contributed by atoms with E-state index in [1.54, 1.807) is 0 Å². The van der Waals surface area contributed by atoms with E-state index in [-0.39, 0.29) is 5.91 Å². The van der Waals surface area contributed by atoms with Crippen LogP contribution < -0.4 is 5.32 Å². The van der Waals surface area contributed by atoms with E-state index in [1.807, 2.05) is 60.8 Å². The van der Waals surface area contributed by atoms with Gasteiger partial charge in [0.2, 0.25) is 5.91 Å². The minimum Gasteiger partial charge on any atom is -0.361 e. The second kappa shape index (κ2) is 7.47. The molecule has 3 rings (SSSR count). The lowest BCUT2D eigenvalue weighted by atomic mass is 9.97. The minimum atomic E-state index is -0.679. The summed E-state index contributed by atoms with van der Waals surface area (Å²) < 4.78 is 0. The van der Waals surface area contributed by atoms with E-state index in [0.717, 1.165) is 22.9 Å². The first kappa shape index (κ1) is 15.8. The Morgan fingerprint density at radius 3 is 2.75 bits per heavy atom. The molecule has 0 unspecified atom stereocenters. The third-order valence-corrected chi connectivity index (χ3v) is 4.14. The third kappa shape index (κ3) is 3.64. The van der Waals surface area contributed by atoms with Crippen LogP contribution in [0.5, 0.6) is 0 Å². The zero-order chi connectivity index (χ0) is 16.8. The van der Waals surface area contributed by atoms with Crippen LogP contribution in [-0.2, 0) is 17.6 Å². The Bertz CT molecular complexity index is 861. The fraction of sp³-hybridized carbons (Fsp3) is 0.200. The van der Waals surface area contributed by atoms with Gasteiger partial charge in [-0.05, 0) is 36.1 Å². The molecule has 0 aliphatic rings. The highest BCUT2D eigenvalue weighted by Gasteiger charge is 2.19. The van der Waals surface area contributed by atoms with Crippen LogP contribution in [0.15, 0.2) is 60.8 Å². The van der Waals surface area contributed by atoms with Crippen LogP contribution in [-0.4, -0.2) is 17.4 Å². The maximum Gasteiger partial charge on any atom is 0.237 e. The summed E-state index contributed by atoms with van der Waals surface area (Å²) in [5.41, 5.74) is 3.20. The number of nitrogens with zero attached hydrogens (tertiary/aromatic N) is 1. The first-order valence-electron chi connectivity index (χ1n) is 8.04. The lowest BCUT2D eigenvalue weighted by molar-refractivity contribution is -0.123. The molecule has 4 nitrogen and oxygen atoms in total. The number of H-pyrrole nitrogens is 1. The summed E-state index contributed by atoms with van der Waals surface area (Å²) in [6, 6.07) is 20.0. The van der Waals surface area contributed by atoms with Crippen molar-refractivity contribution >= 4 is 16.8 Å². The summed E-state index contributed by atoms with van der Waals surface area (Å²) in [5, 5.41) is 13.3. The van der Waals surface area contributed by atoms with Gasteiger partial charge in [-0.3, -0.25) is 4.79 Å². The standard InChI is InChI=1S/C20H19N3O/c21-14-17(13-16-7-4-8-19-18(16)10-12-22-19)20(24)23-11-9-15-5-2-1-3-6-15/h1-8,10,12,17,22H,9,11,13H2,(H,23,24)/t17-/m0/s1. The predicted molar refractivity (Wildman–Crippen MR) is 94.3 cm³/mol. The first-order valence-corrected chi connectivity index (χ1v) is 8.04. The number of amides is 1. The number of benzene rings is 2. The summed E-state index contributed by atoms with van der Waals surface area (Å²) in [5.74, 6) is -0.887. The molecule has 1 aromatic heterocycles. The zero-order valence-electron chi connectivity index (χ0n) is 13.3. The number of aromatic amines is 1. The van der Waals surface area contributed by atoms with Crippen molar-refractivity contribution in [3.63, 3.8) is 0 Å². The number of nitriles is 1. The molecule has 0 aliphatic heterocycles. The fourth-order valence-corrected chi connectivity index (χ4v) is 2.84. The van der Waals surface area contributed by atoms with E-state index in [4.69, 9.17) is 0 Å². The second-order valence-electron chi connectivity index (χ2n) is 5.77. The van der Waals surface area contributed by atoms with Crippen LogP contribution in [0.2, 0.25) is 0 Å². The van der Waals surface area contributed by atoms with Crippen LogP contribution in [0.25, 0.3) is 10.9 Å². The van der Waals surface area contributed by atoms with Crippen molar-refractivity contribution in [3.8, 4) is 6.07 Å². The molecule has 0 saturated carbocycles. The molecule has 1 amide bonds. The van der Waals surface area contributed by atoms with Crippen molar-refractivity contribution < 1.29 is 4.79 Å². The van der Waals surface area contributed by atoms with E-state index < -0.39 is 5.92 Å². The van der Waals surface area contributed by atoms with Gasteiger partial charge in [0.1, 0.15) is 5.92 Å². The van der Waals surface area contributed by atoms with E-state index in [2.05, 4.69) is 16.4 Å². The second-order valence-corrected chi connectivity index (χ2v) is 5.77. The number of rotatable bonds is 6. The molecule has 0 aliphatic carbocycles. The van der Waals surface area contributed by atoms with Crippen molar-refractivity contribution in [2.75, 3.05) is 6.54 Å². The molecular weight excluding hydrogens is 298 g/mol. The highest BCUT2D eigenvalue weighted by molar-refractivity contribution is 5.85. The normalized spacial score (nSPS) is 11.8. The summed E-state index contributed by atoms with van der Waals surface area (Å²) in [6.07, 6.45) is 3.05. The first-order chi connectivity index (χ1) is 11.8. The predicted octanol–water partition coefficient (Wildman–Crippen LogP) is 3.21. The zero-order valence-corrected chi connectivity index (χ0v) is 13.3. The van der Waals surface area contributed by atoms with Gasteiger partial charge >= 0.3 is 0 Å². The van der Waals surface area contributed by atoms with Crippen molar-refractivity contribution in [2.24, 2.45) is 5.92 Å². The fourth-order valence-electron chi connectivity index (χ4n) is 2.84. The summed E-state index contributed by atoms with van der Waals surface area (Å²) in [7, 11) is 0. The van der Waals surface area contributed by atoms with E-state index in [0.29, 0.717) is 13.0 Å². The van der Waals surface area contributed by atoms with E-state index in [1.165, 1.54) is 5.56 Å². The Kier molecular flexibility index (Phi) is 4.93. The van der Waals surface area contributed by atoms with Crippen LogP contribution in [0.3, 0.4) is 0 Å². The quantitative estimate of drug-likeness (QED) is 0.733. The maximum absolute atomic E-state index is 12.3. The monoisotopic (exact) mass is 317 g/mol. The largest absolute Gasteiger partial charge is 0.361 e. The number of aromatic nitrogens is 1. The molecule has 0 fully saturated rings. The average molecular weight is 317 g/mol. The Hall–Kier alpha value is -3.06. The number of nitrogens with one attached hydrogen (secondary N) is 2. The van der Waals surface area contributed by atoms with Gasteiger partial charge in [-0.15, -0.1) is 0 Å². The highest BCUT2D eigenvalue weighted by Crippen LogP contribution is 2.20. The number of carbonyl (C=O) groups excluding carboxylic acids is 1. The van der Waals surface area contributed by atoms with Gasteiger partial charge in [0, 0.05) is 23.6 Å². The molecule has 3 aromatic rings. The average Bonchev–Trinajstić information content (AvgIpc) is 3.10. The minimum absolute atomic E-state index is 0.207. The summed E-state index contributed by atoms with van der Waals surface area (Å²) >= 11 is 0. The van der Waals surface area contributed by atoms with Gasteiger partial charge in [0.15, 0.2) is 0 Å². The SMILES string of the molecule is N#C[C@H](Cc1cccc2[nH]ccc12)C(=O)NCCc1ccccc1. The molecule has 0 bridgehead atoms. The molecule has 0 radical (unpaired) electrons. The molecule has 1 heterocycles. The molecule has 1 atom stereocenters. The maximum atomic E-state index is 12.3.